The maximum atomic E-state index is 12.1. The third-order valence-electron chi connectivity index (χ3n) is 3.52. The summed E-state index contributed by atoms with van der Waals surface area (Å²) in [4.78, 5) is 16.3. The summed E-state index contributed by atoms with van der Waals surface area (Å²) in [5, 5.41) is 16.9. The summed E-state index contributed by atoms with van der Waals surface area (Å²) in [6.07, 6.45) is 3.65. The van der Waals surface area contributed by atoms with Crippen LogP contribution in [-0.4, -0.2) is 32.2 Å². The van der Waals surface area contributed by atoms with Crippen LogP contribution in [0.5, 0.6) is 0 Å². The number of hydrogen-bond acceptors (Lipinski definition) is 5. The van der Waals surface area contributed by atoms with Gasteiger partial charge in [0, 0.05) is 30.2 Å². The predicted molar refractivity (Wildman–Crippen MR) is 88.5 cm³/mol. The van der Waals surface area contributed by atoms with Crippen LogP contribution in [0.25, 0.3) is 5.65 Å². The Balaban J connectivity index is 1.57. The first-order valence-electron chi connectivity index (χ1n) is 7.38. The first kappa shape index (κ1) is 15.4. The molecule has 23 heavy (non-hydrogen) atoms. The summed E-state index contributed by atoms with van der Waals surface area (Å²) in [6.45, 7) is 4.45. The molecule has 7 nitrogen and oxygen atoms in total. The van der Waals surface area contributed by atoms with E-state index in [-0.39, 0.29) is 18.0 Å². The Hall–Kier alpha value is -2.48. The van der Waals surface area contributed by atoms with Crippen LogP contribution in [0.4, 0.5) is 4.79 Å². The van der Waals surface area contributed by atoms with Gasteiger partial charge in [0.2, 0.25) is 0 Å². The van der Waals surface area contributed by atoms with Gasteiger partial charge < -0.3 is 10.6 Å². The Morgan fingerprint density at radius 3 is 3.00 bits per heavy atom. The van der Waals surface area contributed by atoms with Gasteiger partial charge in [0.1, 0.15) is 0 Å². The summed E-state index contributed by atoms with van der Waals surface area (Å²) in [5.41, 5.74) is 0.758. The van der Waals surface area contributed by atoms with Crippen molar-refractivity contribution in [2.24, 2.45) is 0 Å². The smallest absolute Gasteiger partial charge is 0.315 e. The molecule has 0 fully saturated rings. The van der Waals surface area contributed by atoms with E-state index >= 15 is 0 Å². The molecule has 0 saturated carbocycles. The van der Waals surface area contributed by atoms with Crippen molar-refractivity contribution in [3.05, 3.63) is 46.8 Å². The molecule has 0 spiro atoms. The Bertz CT molecular complexity index is 784. The minimum absolute atomic E-state index is 0.185. The van der Waals surface area contributed by atoms with Gasteiger partial charge in [0.25, 0.3) is 0 Å². The highest BCUT2D eigenvalue weighted by Crippen LogP contribution is 2.16. The minimum Gasteiger partial charge on any atom is -0.337 e. The highest BCUT2D eigenvalue weighted by molar-refractivity contribution is 7.09. The van der Waals surface area contributed by atoms with Crippen LogP contribution in [0.3, 0.4) is 0 Å². The van der Waals surface area contributed by atoms with Crippen molar-refractivity contribution < 1.29 is 4.79 Å². The molecular weight excluding hydrogens is 312 g/mol. The highest BCUT2D eigenvalue weighted by atomic mass is 32.1. The van der Waals surface area contributed by atoms with E-state index in [9.17, 15) is 4.79 Å². The third kappa shape index (κ3) is 3.48. The van der Waals surface area contributed by atoms with E-state index in [1.54, 1.807) is 17.5 Å². The van der Waals surface area contributed by atoms with E-state index in [0.29, 0.717) is 12.4 Å². The fourth-order valence-corrected chi connectivity index (χ4v) is 2.98. The first-order chi connectivity index (χ1) is 11.1. The molecule has 2 unspecified atom stereocenters. The van der Waals surface area contributed by atoms with E-state index < -0.39 is 0 Å². The summed E-state index contributed by atoms with van der Waals surface area (Å²) in [6, 6.07) is 5.20. The van der Waals surface area contributed by atoms with Gasteiger partial charge in [0.15, 0.2) is 11.5 Å². The zero-order chi connectivity index (χ0) is 16.2. The number of carbonyl (C=O) groups is 1. The molecule has 2 atom stereocenters. The standard InChI is InChI=1S/C15H18N6OS/c1-10(14-16-6-8-23-14)9-17-15(22)18-11(2)13-20-19-12-5-3-4-7-21(12)13/h3-8,10-11H,9H2,1-2H3,(H2,17,18,22). The van der Waals surface area contributed by atoms with E-state index in [0.717, 1.165) is 10.7 Å². The largest absolute Gasteiger partial charge is 0.337 e. The molecule has 0 saturated heterocycles. The molecule has 3 rings (SSSR count). The van der Waals surface area contributed by atoms with E-state index in [4.69, 9.17) is 0 Å². The van der Waals surface area contributed by atoms with Crippen LogP contribution in [-0.2, 0) is 0 Å². The van der Waals surface area contributed by atoms with Gasteiger partial charge in [-0.25, -0.2) is 9.78 Å². The molecule has 0 bridgehead atoms. The van der Waals surface area contributed by atoms with Gasteiger partial charge in [-0.2, -0.15) is 0 Å². The lowest BCUT2D eigenvalue weighted by molar-refractivity contribution is 0.237. The number of carbonyl (C=O) groups excluding carboxylic acids is 1. The van der Waals surface area contributed by atoms with Gasteiger partial charge >= 0.3 is 6.03 Å². The average Bonchev–Trinajstić information content (AvgIpc) is 3.21. The van der Waals surface area contributed by atoms with Gasteiger partial charge in [0.05, 0.1) is 11.0 Å². The van der Waals surface area contributed by atoms with E-state index in [2.05, 4.69) is 25.8 Å². The van der Waals surface area contributed by atoms with Gasteiger partial charge in [-0.15, -0.1) is 21.5 Å². The molecule has 2 amide bonds. The van der Waals surface area contributed by atoms with Crippen molar-refractivity contribution >= 4 is 23.0 Å². The lowest BCUT2D eigenvalue weighted by atomic mass is 10.2. The number of pyridine rings is 1. The van der Waals surface area contributed by atoms with Crippen molar-refractivity contribution in [3.63, 3.8) is 0 Å². The van der Waals surface area contributed by atoms with Gasteiger partial charge in [-0.3, -0.25) is 4.40 Å². The number of thiazole rings is 1. The van der Waals surface area contributed by atoms with E-state index in [1.807, 2.05) is 48.0 Å². The van der Waals surface area contributed by atoms with Crippen molar-refractivity contribution in [1.82, 2.24) is 30.2 Å². The first-order valence-corrected chi connectivity index (χ1v) is 8.26. The number of hydrogen-bond donors (Lipinski definition) is 2. The average molecular weight is 330 g/mol. The lowest BCUT2D eigenvalue weighted by Gasteiger charge is -2.15. The van der Waals surface area contributed by atoms with Crippen LogP contribution >= 0.6 is 11.3 Å². The normalized spacial score (nSPS) is 13.7. The second-order valence-corrected chi connectivity index (χ2v) is 6.26. The SMILES string of the molecule is CC(CNC(=O)NC(C)c1nnc2ccccn12)c1nccs1. The Morgan fingerprint density at radius 1 is 1.35 bits per heavy atom. The van der Waals surface area contributed by atoms with Gasteiger partial charge in [-0.1, -0.05) is 13.0 Å². The minimum atomic E-state index is -0.248. The molecule has 3 heterocycles. The maximum Gasteiger partial charge on any atom is 0.315 e. The van der Waals surface area contributed by atoms with Crippen molar-refractivity contribution in [2.75, 3.05) is 6.54 Å². The number of amides is 2. The lowest BCUT2D eigenvalue weighted by Crippen LogP contribution is -2.39. The summed E-state index contributed by atoms with van der Waals surface area (Å²) in [5.74, 6) is 0.883. The highest BCUT2D eigenvalue weighted by Gasteiger charge is 2.16. The molecule has 0 aliphatic rings. The topological polar surface area (TPSA) is 84.2 Å². The molecule has 3 aromatic rings. The summed E-state index contributed by atoms with van der Waals surface area (Å²) in [7, 11) is 0. The molecule has 2 N–H and O–H groups in total. The van der Waals surface area contributed by atoms with Crippen molar-refractivity contribution in [2.45, 2.75) is 25.8 Å². The molecule has 0 aromatic carbocycles. The number of nitrogens with one attached hydrogen (secondary N) is 2. The molecule has 0 aliphatic heterocycles. The molecule has 3 aromatic heterocycles. The molecule has 8 heteroatoms. The monoisotopic (exact) mass is 330 g/mol. The Labute approximate surface area is 137 Å². The maximum absolute atomic E-state index is 12.1. The quantitative estimate of drug-likeness (QED) is 0.752. The van der Waals surface area contributed by atoms with Crippen LogP contribution in [0.15, 0.2) is 36.0 Å². The number of fused-ring (bicyclic) bond motifs is 1. The molecule has 0 aliphatic carbocycles. The number of aromatic nitrogens is 4. The van der Waals surface area contributed by atoms with E-state index in [1.165, 1.54) is 0 Å². The Kier molecular flexibility index (Phi) is 4.52. The van der Waals surface area contributed by atoms with Crippen molar-refractivity contribution in [3.8, 4) is 0 Å². The summed E-state index contributed by atoms with van der Waals surface area (Å²) >= 11 is 1.59. The predicted octanol–water partition coefficient (Wildman–Crippen LogP) is 2.35. The Morgan fingerprint density at radius 2 is 2.22 bits per heavy atom. The second kappa shape index (κ2) is 6.74. The fourth-order valence-electron chi connectivity index (χ4n) is 2.28. The van der Waals surface area contributed by atoms with Crippen LogP contribution in [0.2, 0.25) is 0 Å². The number of nitrogens with zero attached hydrogens (tertiary/aromatic N) is 4. The zero-order valence-electron chi connectivity index (χ0n) is 12.9. The van der Waals surface area contributed by atoms with Gasteiger partial charge in [-0.05, 0) is 19.1 Å². The van der Waals surface area contributed by atoms with Crippen molar-refractivity contribution in [1.29, 1.82) is 0 Å². The third-order valence-corrected chi connectivity index (χ3v) is 4.52. The fraction of sp³-hybridized carbons (Fsp3) is 0.333. The number of urea groups is 1. The van der Waals surface area contributed by atoms with Crippen LogP contribution in [0, 0.1) is 0 Å². The van der Waals surface area contributed by atoms with Crippen LogP contribution in [0.1, 0.15) is 36.6 Å². The number of rotatable bonds is 5. The molecular formula is C15H18N6OS. The summed E-state index contributed by atoms with van der Waals surface area (Å²) < 4.78 is 1.86. The molecule has 120 valence electrons. The second-order valence-electron chi connectivity index (χ2n) is 5.33. The molecule has 0 radical (unpaired) electrons. The van der Waals surface area contributed by atoms with Crippen LogP contribution < -0.4 is 10.6 Å². The zero-order valence-corrected chi connectivity index (χ0v) is 13.7.